The molecule has 0 saturated carbocycles. The molecule has 1 N–H and O–H groups in total. The Labute approximate surface area is 129 Å². The summed E-state index contributed by atoms with van der Waals surface area (Å²) in [5.41, 5.74) is 2.84. The summed E-state index contributed by atoms with van der Waals surface area (Å²) in [7, 11) is 0. The molecule has 0 saturated heterocycles. The van der Waals surface area contributed by atoms with Crippen LogP contribution >= 0.6 is 23.2 Å². The molecule has 0 aliphatic rings. The maximum Gasteiger partial charge on any atom is 0.0793 e. The van der Waals surface area contributed by atoms with Gasteiger partial charge in [0.1, 0.15) is 0 Å². The Kier molecular flexibility index (Phi) is 5.24. The molecule has 104 valence electrons. The van der Waals surface area contributed by atoms with Crippen molar-refractivity contribution in [1.82, 2.24) is 0 Å². The molecule has 20 heavy (non-hydrogen) atoms. The van der Waals surface area contributed by atoms with Gasteiger partial charge in [-0.2, -0.15) is 0 Å². The SMILES string of the molecule is C=CCC[C@@H](O)c1ccc(-c2ccc(Cl)cc2Cl)cc1. The number of halogens is 2. The Morgan fingerprint density at radius 2 is 1.80 bits per heavy atom. The van der Waals surface area contributed by atoms with Crippen molar-refractivity contribution in [1.29, 1.82) is 0 Å². The summed E-state index contributed by atoms with van der Waals surface area (Å²) in [5.74, 6) is 0. The largest absolute Gasteiger partial charge is 0.388 e. The van der Waals surface area contributed by atoms with Crippen molar-refractivity contribution in [2.75, 3.05) is 0 Å². The van der Waals surface area contributed by atoms with Gasteiger partial charge in [-0.05, 0) is 36.1 Å². The number of aliphatic hydroxyl groups is 1. The van der Waals surface area contributed by atoms with Crippen molar-refractivity contribution in [2.24, 2.45) is 0 Å². The van der Waals surface area contributed by atoms with Crippen LogP contribution in [0.5, 0.6) is 0 Å². The van der Waals surface area contributed by atoms with Gasteiger partial charge in [0.2, 0.25) is 0 Å². The summed E-state index contributed by atoms with van der Waals surface area (Å²) in [5, 5.41) is 11.3. The lowest BCUT2D eigenvalue weighted by Gasteiger charge is -2.11. The van der Waals surface area contributed by atoms with E-state index in [1.807, 2.05) is 42.5 Å². The Bertz CT molecular complexity index is 590. The molecule has 1 atom stereocenters. The molecule has 0 radical (unpaired) electrons. The van der Waals surface area contributed by atoms with E-state index in [1.54, 1.807) is 6.07 Å². The fourth-order valence-corrected chi connectivity index (χ4v) is 2.57. The second-order valence-corrected chi connectivity index (χ2v) is 5.47. The zero-order valence-corrected chi connectivity index (χ0v) is 12.5. The van der Waals surface area contributed by atoms with Crippen molar-refractivity contribution in [3.05, 3.63) is 70.7 Å². The van der Waals surface area contributed by atoms with Crippen LogP contribution in [-0.2, 0) is 0 Å². The van der Waals surface area contributed by atoms with E-state index in [9.17, 15) is 5.11 Å². The topological polar surface area (TPSA) is 20.2 Å². The van der Waals surface area contributed by atoms with Crippen molar-refractivity contribution < 1.29 is 5.11 Å². The van der Waals surface area contributed by atoms with Gasteiger partial charge in [0.15, 0.2) is 0 Å². The van der Waals surface area contributed by atoms with Gasteiger partial charge in [-0.15, -0.1) is 6.58 Å². The standard InChI is InChI=1S/C17H16Cl2O/c1-2-3-4-17(20)13-7-5-12(6-8-13)15-10-9-14(18)11-16(15)19/h2,5-11,17,20H,1,3-4H2/t17-/m1/s1. The molecular formula is C17H16Cl2O. The summed E-state index contributed by atoms with van der Waals surface area (Å²) in [4.78, 5) is 0. The maximum atomic E-state index is 10.0. The molecule has 0 aromatic heterocycles. The molecule has 0 fully saturated rings. The fourth-order valence-electron chi connectivity index (χ4n) is 2.05. The van der Waals surface area contributed by atoms with Crippen LogP contribution in [0.2, 0.25) is 10.0 Å². The van der Waals surface area contributed by atoms with Crippen LogP contribution in [-0.4, -0.2) is 5.11 Å². The van der Waals surface area contributed by atoms with Gasteiger partial charge in [0.25, 0.3) is 0 Å². The molecule has 0 unspecified atom stereocenters. The fraction of sp³-hybridized carbons (Fsp3) is 0.176. The number of hydrogen-bond donors (Lipinski definition) is 1. The molecule has 0 aliphatic carbocycles. The average molecular weight is 307 g/mol. The number of hydrogen-bond acceptors (Lipinski definition) is 1. The first-order valence-corrected chi connectivity index (χ1v) is 7.21. The van der Waals surface area contributed by atoms with Gasteiger partial charge in [-0.25, -0.2) is 0 Å². The van der Waals surface area contributed by atoms with E-state index in [0.29, 0.717) is 16.5 Å². The van der Waals surface area contributed by atoms with Gasteiger partial charge >= 0.3 is 0 Å². The van der Waals surface area contributed by atoms with Crippen LogP contribution in [0.4, 0.5) is 0 Å². The summed E-state index contributed by atoms with van der Waals surface area (Å²) < 4.78 is 0. The minimum absolute atomic E-state index is 0.456. The predicted molar refractivity (Wildman–Crippen MR) is 86.3 cm³/mol. The normalized spacial score (nSPS) is 12.2. The summed E-state index contributed by atoms with van der Waals surface area (Å²) in [6, 6.07) is 13.2. The highest BCUT2D eigenvalue weighted by atomic mass is 35.5. The molecule has 2 aromatic carbocycles. The van der Waals surface area contributed by atoms with Gasteiger partial charge in [0, 0.05) is 15.6 Å². The van der Waals surface area contributed by atoms with Crippen LogP contribution in [0.25, 0.3) is 11.1 Å². The molecule has 1 nitrogen and oxygen atoms in total. The first-order chi connectivity index (χ1) is 9.61. The van der Waals surface area contributed by atoms with Gasteiger partial charge in [-0.3, -0.25) is 0 Å². The van der Waals surface area contributed by atoms with Gasteiger partial charge in [0.05, 0.1) is 6.10 Å². The van der Waals surface area contributed by atoms with Crippen LogP contribution in [0.1, 0.15) is 24.5 Å². The van der Waals surface area contributed by atoms with E-state index in [2.05, 4.69) is 6.58 Å². The van der Waals surface area contributed by atoms with E-state index in [1.165, 1.54) is 0 Å². The van der Waals surface area contributed by atoms with E-state index in [4.69, 9.17) is 23.2 Å². The average Bonchev–Trinajstić information content (AvgIpc) is 2.45. The molecule has 0 aliphatic heterocycles. The first-order valence-electron chi connectivity index (χ1n) is 6.46. The minimum atomic E-state index is -0.456. The van der Waals surface area contributed by atoms with Gasteiger partial charge in [-0.1, -0.05) is 59.6 Å². The molecule has 3 heteroatoms. The second-order valence-electron chi connectivity index (χ2n) is 4.63. The Morgan fingerprint density at radius 1 is 1.10 bits per heavy atom. The van der Waals surface area contributed by atoms with Crippen LogP contribution in [0.3, 0.4) is 0 Å². The zero-order chi connectivity index (χ0) is 14.5. The van der Waals surface area contributed by atoms with E-state index >= 15 is 0 Å². The van der Waals surface area contributed by atoms with Crippen molar-refractivity contribution in [3.8, 4) is 11.1 Å². The highest BCUT2D eigenvalue weighted by Crippen LogP contribution is 2.31. The van der Waals surface area contributed by atoms with Crippen LogP contribution in [0.15, 0.2) is 55.1 Å². The highest BCUT2D eigenvalue weighted by molar-refractivity contribution is 6.36. The maximum absolute atomic E-state index is 10.0. The third-order valence-electron chi connectivity index (χ3n) is 3.18. The Morgan fingerprint density at radius 3 is 2.40 bits per heavy atom. The number of benzene rings is 2. The van der Waals surface area contributed by atoms with E-state index in [0.717, 1.165) is 23.1 Å². The molecular weight excluding hydrogens is 291 g/mol. The monoisotopic (exact) mass is 306 g/mol. The number of rotatable bonds is 5. The van der Waals surface area contributed by atoms with Crippen LogP contribution < -0.4 is 0 Å². The molecule has 0 bridgehead atoms. The van der Waals surface area contributed by atoms with E-state index in [-0.39, 0.29) is 0 Å². The van der Waals surface area contributed by atoms with Crippen molar-refractivity contribution in [3.63, 3.8) is 0 Å². The lowest BCUT2D eigenvalue weighted by molar-refractivity contribution is 0.169. The summed E-state index contributed by atoms with van der Waals surface area (Å²) >= 11 is 12.1. The summed E-state index contributed by atoms with van der Waals surface area (Å²) in [6.07, 6.45) is 2.84. The first kappa shape index (κ1) is 15.1. The number of aliphatic hydroxyl groups excluding tert-OH is 1. The van der Waals surface area contributed by atoms with Crippen molar-refractivity contribution >= 4 is 23.2 Å². The lowest BCUT2D eigenvalue weighted by atomic mass is 10.00. The molecule has 2 aromatic rings. The Balaban J connectivity index is 2.21. The van der Waals surface area contributed by atoms with Crippen LogP contribution in [0, 0.1) is 0 Å². The predicted octanol–water partition coefficient (Wildman–Crippen LogP) is 5.66. The third kappa shape index (κ3) is 3.63. The quantitative estimate of drug-likeness (QED) is 0.707. The smallest absolute Gasteiger partial charge is 0.0793 e. The molecule has 0 amide bonds. The van der Waals surface area contributed by atoms with Crippen molar-refractivity contribution in [2.45, 2.75) is 18.9 Å². The highest BCUT2D eigenvalue weighted by Gasteiger charge is 2.08. The zero-order valence-electron chi connectivity index (χ0n) is 11.0. The van der Waals surface area contributed by atoms with E-state index < -0.39 is 6.10 Å². The minimum Gasteiger partial charge on any atom is -0.388 e. The Hall–Kier alpha value is -1.28. The summed E-state index contributed by atoms with van der Waals surface area (Å²) in [6.45, 7) is 3.66. The molecule has 0 spiro atoms. The molecule has 2 rings (SSSR count). The lowest BCUT2D eigenvalue weighted by Crippen LogP contribution is -1.96. The van der Waals surface area contributed by atoms with Gasteiger partial charge < -0.3 is 5.11 Å². The number of allylic oxidation sites excluding steroid dienone is 1. The second kappa shape index (κ2) is 6.94. The molecule has 0 heterocycles. The third-order valence-corrected chi connectivity index (χ3v) is 3.73.